The van der Waals surface area contributed by atoms with Gasteiger partial charge >= 0.3 is 0 Å². The van der Waals surface area contributed by atoms with Gasteiger partial charge < -0.3 is 4.90 Å². The van der Waals surface area contributed by atoms with E-state index in [4.69, 9.17) is 4.99 Å². The van der Waals surface area contributed by atoms with Gasteiger partial charge in [-0.3, -0.25) is 4.99 Å². The number of fused-ring (bicyclic) bond motifs is 2. The summed E-state index contributed by atoms with van der Waals surface area (Å²) < 4.78 is 1.36. The molecule has 0 bridgehead atoms. The van der Waals surface area contributed by atoms with Crippen LogP contribution in [0.3, 0.4) is 0 Å². The number of rotatable bonds is 1. The first-order valence-corrected chi connectivity index (χ1v) is 7.26. The van der Waals surface area contributed by atoms with Crippen molar-refractivity contribution in [2.24, 2.45) is 4.99 Å². The van der Waals surface area contributed by atoms with E-state index >= 15 is 0 Å². The van der Waals surface area contributed by atoms with Crippen molar-refractivity contribution in [3.05, 3.63) is 46.8 Å². The van der Waals surface area contributed by atoms with Gasteiger partial charge in [-0.25, -0.2) is 0 Å². The summed E-state index contributed by atoms with van der Waals surface area (Å²) in [5, 5.41) is 4.58. The SMILES string of the molecule is C1=CN2C[C@H](c3cc4ccccc4s3)N=C2S1. The zero-order valence-corrected chi connectivity index (χ0v) is 10.7. The molecule has 1 atom stereocenters. The fourth-order valence-corrected chi connectivity index (χ4v) is 4.10. The van der Waals surface area contributed by atoms with Crippen LogP contribution in [0.1, 0.15) is 10.9 Å². The molecule has 0 fully saturated rings. The molecule has 3 heterocycles. The topological polar surface area (TPSA) is 15.6 Å². The normalized spacial score (nSPS) is 22.2. The molecule has 0 saturated heterocycles. The highest BCUT2D eigenvalue weighted by molar-refractivity contribution is 8.16. The monoisotopic (exact) mass is 258 g/mol. The Morgan fingerprint density at radius 1 is 1.29 bits per heavy atom. The van der Waals surface area contributed by atoms with E-state index in [0.717, 1.165) is 11.7 Å². The molecule has 2 nitrogen and oxygen atoms in total. The second-order valence-electron chi connectivity index (χ2n) is 4.17. The van der Waals surface area contributed by atoms with E-state index in [9.17, 15) is 0 Å². The molecule has 2 aliphatic rings. The summed E-state index contributed by atoms with van der Waals surface area (Å²) in [5.74, 6) is 0. The minimum absolute atomic E-state index is 0.319. The van der Waals surface area contributed by atoms with Crippen LogP contribution in [0.25, 0.3) is 10.1 Å². The lowest BCUT2D eigenvalue weighted by Gasteiger charge is -2.08. The van der Waals surface area contributed by atoms with Crippen LogP contribution < -0.4 is 0 Å². The zero-order chi connectivity index (χ0) is 11.2. The van der Waals surface area contributed by atoms with E-state index in [2.05, 4.69) is 46.8 Å². The average Bonchev–Trinajstić information content (AvgIpc) is 3.01. The van der Waals surface area contributed by atoms with Gasteiger partial charge in [0.2, 0.25) is 0 Å². The molecule has 2 aliphatic heterocycles. The van der Waals surface area contributed by atoms with Crippen molar-refractivity contribution in [3.63, 3.8) is 0 Å². The fourth-order valence-electron chi connectivity index (χ4n) is 2.22. The number of aliphatic imine (C=N–C) groups is 1. The number of hydrogen-bond donors (Lipinski definition) is 0. The highest BCUT2D eigenvalue weighted by Crippen LogP contribution is 2.37. The summed E-state index contributed by atoms with van der Waals surface area (Å²) in [6.45, 7) is 0.992. The molecule has 0 unspecified atom stereocenters. The molecule has 4 heteroatoms. The average molecular weight is 258 g/mol. The van der Waals surface area contributed by atoms with E-state index < -0.39 is 0 Å². The maximum Gasteiger partial charge on any atom is 0.168 e. The Balaban J connectivity index is 1.74. The lowest BCUT2D eigenvalue weighted by atomic mass is 10.2. The maximum absolute atomic E-state index is 4.77. The number of thioether (sulfide) groups is 1. The molecule has 0 radical (unpaired) electrons. The number of nitrogens with zero attached hydrogens (tertiary/aromatic N) is 2. The standard InChI is InChI=1S/C13H10N2S2/c1-2-4-11-9(3-1)7-12(17-11)10-8-15-5-6-16-13(15)14-10/h1-7,10H,8H2/t10-/m1/s1. The van der Waals surface area contributed by atoms with E-state index in [1.54, 1.807) is 11.8 Å². The molecule has 1 aromatic carbocycles. The third kappa shape index (κ3) is 1.51. The summed E-state index contributed by atoms with van der Waals surface area (Å²) in [5.41, 5.74) is 0. The Bertz CT molecular complexity index is 609. The molecule has 4 rings (SSSR count). The van der Waals surface area contributed by atoms with Crippen LogP contribution in [0.5, 0.6) is 0 Å². The zero-order valence-electron chi connectivity index (χ0n) is 9.04. The van der Waals surface area contributed by atoms with Crippen LogP contribution in [0.4, 0.5) is 0 Å². The number of amidine groups is 1. The summed E-state index contributed by atoms with van der Waals surface area (Å²) in [6.07, 6.45) is 2.12. The lowest BCUT2D eigenvalue weighted by Crippen LogP contribution is -2.15. The van der Waals surface area contributed by atoms with Crippen molar-refractivity contribution < 1.29 is 0 Å². The molecule has 0 spiro atoms. The Morgan fingerprint density at radius 2 is 2.24 bits per heavy atom. The maximum atomic E-state index is 4.77. The largest absolute Gasteiger partial charge is 0.325 e. The van der Waals surface area contributed by atoms with Gasteiger partial charge in [0.05, 0.1) is 6.54 Å². The molecule has 1 aromatic heterocycles. The molecule has 2 aromatic rings. The molecule has 84 valence electrons. The quantitative estimate of drug-likeness (QED) is 0.772. The van der Waals surface area contributed by atoms with Gasteiger partial charge in [-0.2, -0.15) is 0 Å². The first-order chi connectivity index (χ1) is 8.40. The summed E-state index contributed by atoms with van der Waals surface area (Å²) in [4.78, 5) is 8.38. The van der Waals surface area contributed by atoms with Crippen molar-refractivity contribution in [2.75, 3.05) is 6.54 Å². The van der Waals surface area contributed by atoms with Crippen LogP contribution >= 0.6 is 23.1 Å². The van der Waals surface area contributed by atoms with Crippen LogP contribution in [0, 0.1) is 0 Å². The highest BCUT2D eigenvalue weighted by Gasteiger charge is 2.28. The summed E-state index contributed by atoms with van der Waals surface area (Å²) in [6, 6.07) is 11.1. The first-order valence-electron chi connectivity index (χ1n) is 5.56. The molecule has 0 aliphatic carbocycles. The van der Waals surface area contributed by atoms with Gasteiger partial charge in [-0.15, -0.1) is 11.3 Å². The van der Waals surface area contributed by atoms with Gasteiger partial charge in [-0.1, -0.05) is 30.0 Å². The lowest BCUT2D eigenvalue weighted by molar-refractivity contribution is 0.563. The highest BCUT2D eigenvalue weighted by atomic mass is 32.2. The van der Waals surface area contributed by atoms with Gasteiger partial charge in [-0.05, 0) is 22.9 Å². The third-order valence-electron chi connectivity index (χ3n) is 3.07. The van der Waals surface area contributed by atoms with Crippen LogP contribution in [-0.4, -0.2) is 16.6 Å². The van der Waals surface area contributed by atoms with Crippen LogP contribution in [-0.2, 0) is 0 Å². The number of thiophene rings is 1. The number of benzene rings is 1. The first kappa shape index (κ1) is 9.74. The van der Waals surface area contributed by atoms with Crippen LogP contribution in [0.2, 0.25) is 0 Å². The smallest absolute Gasteiger partial charge is 0.168 e. The van der Waals surface area contributed by atoms with Crippen molar-refractivity contribution in [1.29, 1.82) is 0 Å². The Hall–Kier alpha value is -1.26. The molecular formula is C13H10N2S2. The van der Waals surface area contributed by atoms with Crippen molar-refractivity contribution >= 4 is 38.4 Å². The minimum Gasteiger partial charge on any atom is -0.325 e. The Morgan fingerprint density at radius 3 is 3.12 bits per heavy atom. The summed E-state index contributed by atoms with van der Waals surface area (Å²) >= 11 is 3.58. The predicted molar refractivity (Wildman–Crippen MR) is 75.4 cm³/mol. The third-order valence-corrected chi connectivity index (χ3v) is 5.09. The summed E-state index contributed by atoms with van der Waals surface area (Å²) in [7, 11) is 0. The molecule has 0 N–H and O–H groups in total. The van der Waals surface area contributed by atoms with Crippen molar-refractivity contribution in [2.45, 2.75) is 6.04 Å². The van der Waals surface area contributed by atoms with Crippen molar-refractivity contribution in [3.8, 4) is 0 Å². The van der Waals surface area contributed by atoms with Crippen LogP contribution in [0.15, 0.2) is 46.9 Å². The van der Waals surface area contributed by atoms with Gasteiger partial charge in [0.25, 0.3) is 0 Å². The molecule has 17 heavy (non-hydrogen) atoms. The molecule has 0 saturated carbocycles. The van der Waals surface area contributed by atoms with Crippen molar-refractivity contribution in [1.82, 2.24) is 4.90 Å². The minimum atomic E-state index is 0.319. The predicted octanol–water partition coefficient (Wildman–Crippen LogP) is 3.83. The van der Waals surface area contributed by atoms with Gasteiger partial charge in [0.1, 0.15) is 6.04 Å². The molecule has 0 amide bonds. The van der Waals surface area contributed by atoms with Gasteiger partial charge in [0, 0.05) is 15.8 Å². The van der Waals surface area contributed by atoms with E-state index in [1.165, 1.54) is 15.0 Å². The second-order valence-corrected chi connectivity index (χ2v) is 6.16. The Kier molecular flexibility index (Phi) is 2.07. The fraction of sp³-hybridized carbons (Fsp3) is 0.154. The molecular weight excluding hydrogens is 248 g/mol. The van der Waals surface area contributed by atoms with E-state index in [0.29, 0.717) is 6.04 Å². The number of hydrogen-bond acceptors (Lipinski definition) is 4. The van der Waals surface area contributed by atoms with E-state index in [-0.39, 0.29) is 0 Å². The van der Waals surface area contributed by atoms with Gasteiger partial charge in [0.15, 0.2) is 5.17 Å². The Labute approximate surface area is 108 Å². The second kappa shape index (κ2) is 3.62. The van der Waals surface area contributed by atoms with E-state index in [1.807, 2.05) is 11.3 Å².